The number of amides is 3. The molecular formula is C27H34FN3O4. The van der Waals surface area contributed by atoms with Gasteiger partial charge in [0, 0.05) is 32.0 Å². The van der Waals surface area contributed by atoms with Crippen molar-refractivity contribution in [2.75, 3.05) is 13.1 Å². The SMILES string of the molecule is CC(C)(C)OC(=O)N1CCC(C(=O)NC(Cc2ccccc2)C(=O)NCc2ccc(F)cc2)CC1. The van der Waals surface area contributed by atoms with E-state index in [1.807, 2.05) is 51.1 Å². The van der Waals surface area contributed by atoms with Crippen LogP contribution in [0.5, 0.6) is 0 Å². The predicted octanol–water partition coefficient (Wildman–Crippen LogP) is 3.82. The summed E-state index contributed by atoms with van der Waals surface area (Å²) in [6, 6.07) is 14.6. The zero-order valence-electron chi connectivity index (χ0n) is 20.6. The third-order valence-corrected chi connectivity index (χ3v) is 5.81. The topological polar surface area (TPSA) is 87.7 Å². The van der Waals surface area contributed by atoms with Crippen molar-refractivity contribution >= 4 is 17.9 Å². The summed E-state index contributed by atoms with van der Waals surface area (Å²) in [5.74, 6) is -1.15. The van der Waals surface area contributed by atoms with Gasteiger partial charge in [0.15, 0.2) is 0 Å². The highest BCUT2D eigenvalue weighted by atomic mass is 19.1. The number of hydrogen-bond donors (Lipinski definition) is 2. The van der Waals surface area contributed by atoms with Gasteiger partial charge < -0.3 is 20.3 Å². The Labute approximate surface area is 206 Å². The van der Waals surface area contributed by atoms with Crippen LogP contribution in [-0.4, -0.2) is 47.5 Å². The molecule has 2 aromatic carbocycles. The van der Waals surface area contributed by atoms with Gasteiger partial charge in [-0.1, -0.05) is 42.5 Å². The van der Waals surface area contributed by atoms with Crippen molar-refractivity contribution in [3.63, 3.8) is 0 Å². The standard InChI is InChI=1S/C27H34FN3O4/c1-27(2,3)35-26(34)31-15-13-21(14-16-31)24(32)30-23(17-19-7-5-4-6-8-19)25(33)29-18-20-9-11-22(28)12-10-20/h4-12,21,23H,13-18H2,1-3H3,(H,29,33)(H,30,32). The number of likely N-dealkylation sites (tertiary alicyclic amines) is 1. The molecule has 0 radical (unpaired) electrons. The molecule has 0 aromatic heterocycles. The van der Waals surface area contributed by atoms with E-state index in [0.29, 0.717) is 32.4 Å². The van der Waals surface area contributed by atoms with Crippen LogP contribution in [0.25, 0.3) is 0 Å². The molecule has 0 spiro atoms. The van der Waals surface area contributed by atoms with E-state index in [9.17, 15) is 18.8 Å². The number of nitrogens with one attached hydrogen (secondary N) is 2. The molecule has 1 unspecified atom stereocenters. The van der Waals surface area contributed by atoms with Gasteiger partial charge in [0.1, 0.15) is 17.5 Å². The second-order valence-corrected chi connectivity index (χ2v) is 9.84. The Morgan fingerprint density at radius 1 is 1.00 bits per heavy atom. The largest absolute Gasteiger partial charge is 0.444 e. The van der Waals surface area contributed by atoms with Crippen LogP contribution in [0.1, 0.15) is 44.7 Å². The summed E-state index contributed by atoms with van der Waals surface area (Å²) < 4.78 is 18.6. The van der Waals surface area contributed by atoms with E-state index in [4.69, 9.17) is 4.74 Å². The van der Waals surface area contributed by atoms with Crippen LogP contribution in [0, 0.1) is 11.7 Å². The smallest absolute Gasteiger partial charge is 0.410 e. The summed E-state index contributed by atoms with van der Waals surface area (Å²) in [6.45, 7) is 6.53. The molecule has 0 aliphatic carbocycles. The van der Waals surface area contributed by atoms with E-state index < -0.39 is 11.6 Å². The minimum Gasteiger partial charge on any atom is -0.444 e. The third kappa shape index (κ3) is 8.38. The Bertz CT molecular complexity index is 997. The highest BCUT2D eigenvalue weighted by Gasteiger charge is 2.32. The quantitative estimate of drug-likeness (QED) is 0.627. The van der Waals surface area contributed by atoms with Crippen molar-refractivity contribution in [2.45, 2.75) is 58.2 Å². The number of hydrogen-bond acceptors (Lipinski definition) is 4. The van der Waals surface area contributed by atoms with Crippen LogP contribution in [-0.2, 0) is 27.3 Å². The maximum Gasteiger partial charge on any atom is 0.410 e. The zero-order valence-corrected chi connectivity index (χ0v) is 20.6. The lowest BCUT2D eigenvalue weighted by Crippen LogP contribution is -2.51. The van der Waals surface area contributed by atoms with Crippen molar-refractivity contribution < 1.29 is 23.5 Å². The Morgan fingerprint density at radius 2 is 1.63 bits per heavy atom. The molecule has 35 heavy (non-hydrogen) atoms. The number of carbonyl (C=O) groups is 3. The van der Waals surface area contributed by atoms with Crippen LogP contribution >= 0.6 is 0 Å². The zero-order chi connectivity index (χ0) is 25.4. The van der Waals surface area contributed by atoms with Gasteiger partial charge in [-0.3, -0.25) is 9.59 Å². The number of ether oxygens (including phenoxy) is 1. The fourth-order valence-electron chi connectivity index (χ4n) is 3.91. The summed E-state index contributed by atoms with van der Waals surface area (Å²) >= 11 is 0. The van der Waals surface area contributed by atoms with Gasteiger partial charge in [-0.15, -0.1) is 0 Å². The van der Waals surface area contributed by atoms with Gasteiger partial charge in [-0.25, -0.2) is 9.18 Å². The van der Waals surface area contributed by atoms with Crippen LogP contribution in [0.4, 0.5) is 9.18 Å². The molecule has 0 saturated carbocycles. The van der Waals surface area contributed by atoms with Gasteiger partial charge in [-0.05, 0) is 56.9 Å². The van der Waals surface area contributed by atoms with E-state index in [2.05, 4.69) is 10.6 Å². The number of halogens is 1. The fraction of sp³-hybridized carbons (Fsp3) is 0.444. The minimum atomic E-state index is -0.755. The molecular weight excluding hydrogens is 449 g/mol. The van der Waals surface area contributed by atoms with Gasteiger partial charge in [0.25, 0.3) is 0 Å². The highest BCUT2D eigenvalue weighted by molar-refractivity contribution is 5.88. The molecule has 1 saturated heterocycles. The minimum absolute atomic E-state index is 0.202. The first-order chi connectivity index (χ1) is 16.6. The lowest BCUT2D eigenvalue weighted by atomic mass is 9.95. The van der Waals surface area contributed by atoms with Gasteiger partial charge in [-0.2, -0.15) is 0 Å². The maximum absolute atomic E-state index is 13.2. The Kier molecular flexibility index (Phi) is 8.84. The molecule has 188 valence electrons. The second kappa shape index (κ2) is 11.8. The summed E-state index contributed by atoms with van der Waals surface area (Å²) in [4.78, 5) is 40.0. The summed E-state index contributed by atoms with van der Waals surface area (Å²) in [6.07, 6.45) is 0.970. The molecule has 2 N–H and O–H groups in total. The lowest BCUT2D eigenvalue weighted by Gasteiger charge is -2.33. The first-order valence-electron chi connectivity index (χ1n) is 11.9. The van der Waals surface area contributed by atoms with Gasteiger partial charge in [0.05, 0.1) is 0 Å². The van der Waals surface area contributed by atoms with Crippen LogP contribution < -0.4 is 10.6 Å². The van der Waals surface area contributed by atoms with Crippen LogP contribution in [0.15, 0.2) is 54.6 Å². The number of nitrogens with zero attached hydrogens (tertiary/aromatic N) is 1. The number of benzene rings is 2. The number of carbonyl (C=O) groups excluding carboxylic acids is 3. The molecule has 2 aromatic rings. The number of rotatable bonds is 7. The Morgan fingerprint density at radius 3 is 2.23 bits per heavy atom. The molecule has 3 rings (SSSR count). The molecule has 1 aliphatic rings. The van der Waals surface area contributed by atoms with Crippen LogP contribution in [0.3, 0.4) is 0 Å². The van der Waals surface area contributed by atoms with Gasteiger partial charge in [0.2, 0.25) is 11.8 Å². The molecule has 1 atom stereocenters. The first kappa shape index (κ1) is 26.2. The van der Waals surface area contributed by atoms with Crippen molar-refractivity contribution in [1.29, 1.82) is 0 Å². The average Bonchev–Trinajstić information content (AvgIpc) is 2.82. The Balaban J connectivity index is 1.59. The maximum atomic E-state index is 13.2. The summed E-state index contributed by atoms with van der Waals surface area (Å²) in [5.41, 5.74) is 1.12. The monoisotopic (exact) mass is 483 g/mol. The highest BCUT2D eigenvalue weighted by Crippen LogP contribution is 2.20. The van der Waals surface area contributed by atoms with Gasteiger partial charge >= 0.3 is 6.09 Å². The van der Waals surface area contributed by atoms with E-state index >= 15 is 0 Å². The Hall–Kier alpha value is -3.42. The first-order valence-corrected chi connectivity index (χ1v) is 11.9. The van der Waals surface area contributed by atoms with E-state index in [1.54, 1.807) is 17.0 Å². The average molecular weight is 484 g/mol. The molecule has 1 aliphatic heterocycles. The molecule has 3 amide bonds. The molecule has 8 heteroatoms. The summed E-state index contributed by atoms with van der Waals surface area (Å²) in [7, 11) is 0. The molecule has 1 heterocycles. The molecule has 0 bridgehead atoms. The van der Waals surface area contributed by atoms with E-state index in [1.165, 1.54) is 12.1 Å². The predicted molar refractivity (Wildman–Crippen MR) is 131 cm³/mol. The second-order valence-electron chi connectivity index (χ2n) is 9.84. The summed E-state index contributed by atoms with van der Waals surface area (Å²) in [5, 5.41) is 5.76. The van der Waals surface area contributed by atoms with Crippen molar-refractivity contribution in [3.05, 3.63) is 71.5 Å². The molecule has 7 nitrogen and oxygen atoms in total. The van der Waals surface area contributed by atoms with Crippen LogP contribution in [0.2, 0.25) is 0 Å². The third-order valence-electron chi connectivity index (χ3n) is 5.81. The van der Waals surface area contributed by atoms with E-state index in [-0.39, 0.29) is 36.2 Å². The van der Waals surface area contributed by atoms with Crippen molar-refractivity contribution in [2.24, 2.45) is 5.92 Å². The van der Waals surface area contributed by atoms with Crippen molar-refractivity contribution in [1.82, 2.24) is 15.5 Å². The normalized spacial score (nSPS) is 15.3. The lowest BCUT2D eigenvalue weighted by molar-refractivity contribution is -0.132. The molecule has 1 fully saturated rings. The fourth-order valence-corrected chi connectivity index (χ4v) is 3.91. The van der Waals surface area contributed by atoms with E-state index in [0.717, 1.165) is 11.1 Å². The van der Waals surface area contributed by atoms with Crippen molar-refractivity contribution in [3.8, 4) is 0 Å². The number of piperidine rings is 1.